The topological polar surface area (TPSA) is 83.2 Å². The second kappa shape index (κ2) is 5.50. The summed E-state index contributed by atoms with van der Waals surface area (Å²) in [7, 11) is 0. The van der Waals surface area contributed by atoms with Gasteiger partial charge in [0.15, 0.2) is 11.4 Å². The molecular formula is C13H7BrN2O3. The Morgan fingerprint density at radius 3 is 2.84 bits per heavy atom. The molecule has 0 bridgehead atoms. The van der Waals surface area contributed by atoms with Crippen molar-refractivity contribution >= 4 is 21.9 Å². The van der Waals surface area contributed by atoms with Crippen molar-refractivity contribution in [3.8, 4) is 17.6 Å². The number of hydrogen-bond acceptors (Lipinski definition) is 4. The minimum Gasteiger partial charge on any atom is -0.478 e. The largest absolute Gasteiger partial charge is 0.478 e. The number of carboxylic acids is 1. The number of pyridine rings is 1. The fraction of sp³-hybridized carbons (Fsp3) is 0. The van der Waals surface area contributed by atoms with E-state index in [1.54, 1.807) is 18.2 Å². The van der Waals surface area contributed by atoms with Crippen LogP contribution in [-0.2, 0) is 0 Å². The fourth-order valence-corrected chi connectivity index (χ4v) is 1.79. The molecule has 0 saturated carbocycles. The maximum absolute atomic E-state index is 11.1. The lowest BCUT2D eigenvalue weighted by atomic mass is 10.2. The number of benzene rings is 1. The normalized spacial score (nSPS) is 9.68. The van der Waals surface area contributed by atoms with Crippen LogP contribution in [0.2, 0.25) is 0 Å². The summed E-state index contributed by atoms with van der Waals surface area (Å²) < 4.78 is 6.09. The molecule has 1 heterocycles. The zero-order chi connectivity index (χ0) is 13.8. The van der Waals surface area contributed by atoms with E-state index in [-0.39, 0.29) is 22.8 Å². The lowest BCUT2D eigenvalue weighted by molar-refractivity contribution is 0.0694. The molecule has 2 rings (SSSR count). The van der Waals surface area contributed by atoms with E-state index in [0.717, 1.165) is 0 Å². The third-order valence-electron chi connectivity index (χ3n) is 2.27. The molecule has 0 atom stereocenters. The van der Waals surface area contributed by atoms with E-state index in [1.165, 1.54) is 18.3 Å². The van der Waals surface area contributed by atoms with Gasteiger partial charge >= 0.3 is 5.97 Å². The monoisotopic (exact) mass is 318 g/mol. The van der Waals surface area contributed by atoms with Gasteiger partial charge in [0.05, 0.1) is 0 Å². The lowest BCUT2D eigenvalue weighted by Crippen LogP contribution is -2.01. The first-order chi connectivity index (χ1) is 9.11. The van der Waals surface area contributed by atoms with Crippen LogP contribution in [0.1, 0.15) is 16.1 Å². The lowest BCUT2D eigenvalue weighted by Gasteiger charge is -2.09. The number of hydrogen-bond donors (Lipinski definition) is 1. The molecular weight excluding hydrogens is 312 g/mol. The van der Waals surface area contributed by atoms with Crippen LogP contribution in [0.5, 0.6) is 11.5 Å². The van der Waals surface area contributed by atoms with Crippen LogP contribution in [0.3, 0.4) is 0 Å². The van der Waals surface area contributed by atoms with E-state index in [2.05, 4.69) is 20.9 Å². The van der Waals surface area contributed by atoms with Crippen molar-refractivity contribution in [2.45, 2.75) is 0 Å². The van der Waals surface area contributed by atoms with Gasteiger partial charge in [-0.1, -0.05) is 15.9 Å². The standard InChI is InChI=1S/C13H7BrN2O3/c14-8-3-4-11(9(6-8)13(17)18)19-12-2-1-5-16-10(12)7-15/h1-6H,(H,17,18). The SMILES string of the molecule is N#Cc1ncccc1Oc1ccc(Br)cc1C(=O)O. The zero-order valence-corrected chi connectivity index (χ0v) is 11.1. The van der Waals surface area contributed by atoms with E-state index in [0.29, 0.717) is 4.47 Å². The first-order valence-electron chi connectivity index (χ1n) is 5.17. The summed E-state index contributed by atoms with van der Waals surface area (Å²) in [5.74, 6) is -0.742. The van der Waals surface area contributed by atoms with Crippen LogP contribution >= 0.6 is 15.9 Å². The summed E-state index contributed by atoms with van der Waals surface area (Å²) in [6.07, 6.45) is 1.46. The Morgan fingerprint density at radius 1 is 1.37 bits per heavy atom. The van der Waals surface area contributed by atoms with Crippen molar-refractivity contribution in [3.63, 3.8) is 0 Å². The molecule has 0 aliphatic carbocycles. The number of halogens is 1. The number of nitrogens with zero attached hydrogens (tertiary/aromatic N) is 2. The van der Waals surface area contributed by atoms with Gasteiger partial charge in [0.2, 0.25) is 0 Å². The number of ether oxygens (including phenoxy) is 1. The van der Waals surface area contributed by atoms with E-state index in [9.17, 15) is 4.79 Å². The van der Waals surface area contributed by atoms with Crippen LogP contribution in [-0.4, -0.2) is 16.1 Å². The van der Waals surface area contributed by atoms with Crippen LogP contribution in [0.25, 0.3) is 0 Å². The van der Waals surface area contributed by atoms with Crippen molar-refractivity contribution in [3.05, 3.63) is 52.3 Å². The van der Waals surface area contributed by atoms with Crippen molar-refractivity contribution < 1.29 is 14.6 Å². The van der Waals surface area contributed by atoms with Crippen LogP contribution < -0.4 is 4.74 Å². The number of aromatic carboxylic acids is 1. The summed E-state index contributed by atoms with van der Waals surface area (Å²) in [5, 5.41) is 18.0. The molecule has 6 heteroatoms. The Hall–Kier alpha value is -2.39. The van der Waals surface area contributed by atoms with Crippen molar-refractivity contribution in [1.29, 1.82) is 5.26 Å². The fourth-order valence-electron chi connectivity index (χ4n) is 1.43. The molecule has 0 unspecified atom stereocenters. The number of aromatic nitrogens is 1. The van der Waals surface area contributed by atoms with Crippen LogP contribution in [0.15, 0.2) is 41.0 Å². The summed E-state index contributed by atoms with van der Waals surface area (Å²) in [6.45, 7) is 0. The van der Waals surface area contributed by atoms with Crippen molar-refractivity contribution in [1.82, 2.24) is 4.98 Å². The Balaban J connectivity index is 2.44. The third kappa shape index (κ3) is 2.89. The van der Waals surface area contributed by atoms with Gasteiger partial charge in [-0.3, -0.25) is 0 Å². The van der Waals surface area contributed by atoms with E-state index >= 15 is 0 Å². The Morgan fingerprint density at radius 2 is 2.16 bits per heavy atom. The quantitative estimate of drug-likeness (QED) is 0.939. The predicted octanol–water partition coefficient (Wildman–Crippen LogP) is 3.21. The van der Waals surface area contributed by atoms with Gasteiger partial charge in [-0.15, -0.1) is 0 Å². The van der Waals surface area contributed by atoms with E-state index < -0.39 is 5.97 Å². The average molecular weight is 319 g/mol. The molecule has 1 N–H and O–H groups in total. The van der Waals surface area contributed by atoms with Crippen LogP contribution in [0, 0.1) is 11.3 Å². The third-order valence-corrected chi connectivity index (χ3v) is 2.76. The molecule has 1 aromatic heterocycles. The minimum atomic E-state index is -1.11. The van der Waals surface area contributed by atoms with Gasteiger partial charge in [0.25, 0.3) is 0 Å². The summed E-state index contributed by atoms with van der Waals surface area (Å²) in [6, 6.07) is 9.65. The first kappa shape index (κ1) is 13.1. The molecule has 0 aliphatic rings. The minimum absolute atomic E-state index is 0.00196. The molecule has 5 nitrogen and oxygen atoms in total. The number of carboxylic acid groups (broad SMARTS) is 1. The van der Waals surface area contributed by atoms with Crippen molar-refractivity contribution in [2.24, 2.45) is 0 Å². The zero-order valence-electron chi connectivity index (χ0n) is 9.50. The van der Waals surface area contributed by atoms with Crippen LogP contribution in [0.4, 0.5) is 0 Å². The molecule has 94 valence electrons. The number of nitriles is 1. The second-order valence-corrected chi connectivity index (χ2v) is 4.43. The molecule has 2 aromatic rings. The smallest absolute Gasteiger partial charge is 0.339 e. The molecule has 19 heavy (non-hydrogen) atoms. The summed E-state index contributed by atoms with van der Waals surface area (Å²) in [5.41, 5.74) is 0.101. The number of carbonyl (C=O) groups is 1. The molecule has 0 spiro atoms. The van der Waals surface area contributed by atoms with Gasteiger partial charge in [0.1, 0.15) is 17.4 Å². The predicted molar refractivity (Wildman–Crippen MR) is 70.1 cm³/mol. The number of rotatable bonds is 3. The Labute approximate surface area is 117 Å². The highest BCUT2D eigenvalue weighted by Crippen LogP contribution is 2.29. The summed E-state index contributed by atoms with van der Waals surface area (Å²) >= 11 is 3.19. The Kier molecular flexibility index (Phi) is 3.78. The molecule has 0 radical (unpaired) electrons. The van der Waals surface area contributed by atoms with E-state index in [4.69, 9.17) is 15.1 Å². The molecule has 0 aliphatic heterocycles. The molecule has 0 saturated heterocycles. The van der Waals surface area contributed by atoms with Gasteiger partial charge < -0.3 is 9.84 Å². The van der Waals surface area contributed by atoms with E-state index in [1.807, 2.05) is 6.07 Å². The van der Waals surface area contributed by atoms with Gasteiger partial charge in [0, 0.05) is 10.7 Å². The highest BCUT2D eigenvalue weighted by molar-refractivity contribution is 9.10. The maximum atomic E-state index is 11.1. The Bertz CT molecular complexity index is 680. The molecule has 0 fully saturated rings. The van der Waals surface area contributed by atoms with Gasteiger partial charge in [-0.25, -0.2) is 9.78 Å². The highest BCUT2D eigenvalue weighted by atomic mass is 79.9. The molecule has 0 amide bonds. The van der Waals surface area contributed by atoms with Gasteiger partial charge in [-0.2, -0.15) is 5.26 Å². The average Bonchev–Trinajstić information content (AvgIpc) is 2.41. The van der Waals surface area contributed by atoms with Crippen molar-refractivity contribution in [2.75, 3.05) is 0 Å². The maximum Gasteiger partial charge on any atom is 0.339 e. The first-order valence-corrected chi connectivity index (χ1v) is 5.97. The highest BCUT2D eigenvalue weighted by Gasteiger charge is 2.14. The van der Waals surface area contributed by atoms with Gasteiger partial charge in [-0.05, 0) is 30.3 Å². The summed E-state index contributed by atoms with van der Waals surface area (Å²) in [4.78, 5) is 15.0. The molecule has 1 aromatic carbocycles. The second-order valence-electron chi connectivity index (χ2n) is 3.51.